The Morgan fingerprint density at radius 1 is 1.12 bits per heavy atom. The quantitative estimate of drug-likeness (QED) is 0.840. The number of rotatable bonds is 2. The predicted octanol–water partition coefficient (Wildman–Crippen LogP) is 3.62. The van der Waals surface area contributed by atoms with Crippen molar-refractivity contribution in [2.75, 3.05) is 18.0 Å². The van der Waals surface area contributed by atoms with Crippen molar-refractivity contribution in [3.63, 3.8) is 0 Å². The number of nitrogens with zero attached hydrogens (tertiary/aromatic N) is 4. The van der Waals surface area contributed by atoms with Gasteiger partial charge in [0.1, 0.15) is 11.6 Å². The Morgan fingerprint density at radius 2 is 1.88 bits per heavy atom. The highest BCUT2D eigenvalue weighted by Gasteiger charge is 2.36. The van der Waals surface area contributed by atoms with Gasteiger partial charge in [-0.25, -0.2) is 15.0 Å². The van der Waals surface area contributed by atoms with E-state index in [-0.39, 0.29) is 11.7 Å². The summed E-state index contributed by atoms with van der Waals surface area (Å²) < 4.78 is 39.7. The molecule has 0 atom stereocenters. The molecule has 2 aromatic heterocycles. The van der Waals surface area contributed by atoms with E-state index in [0.717, 1.165) is 23.1 Å². The average Bonchev–Trinajstić information content (AvgIpc) is 2.76. The molecule has 24 heavy (non-hydrogen) atoms. The molecule has 0 N–H and O–H groups in total. The largest absolute Gasteiger partial charge is 0.419 e. The van der Waals surface area contributed by atoms with Gasteiger partial charge in [0, 0.05) is 43.5 Å². The topological polar surface area (TPSA) is 41.9 Å². The van der Waals surface area contributed by atoms with Crippen LogP contribution in [0, 0.1) is 0 Å². The number of hydrogen-bond donors (Lipinski definition) is 0. The molecular formula is C17H19F3N4. The van der Waals surface area contributed by atoms with Crippen LogP contribution in [0.2, 0.25) is 0 Å². The summed E-state index contributed by atoms with van der Waals surface area (Å²) in [6.07, 6.45) is 0.00390. The summed E-state index contributed by atoms with van der Waals surface area (Å²) in [5, 5.41) is 0. The number of anilines is 1. The van der Waals surface area contributed by atoms with Gasteiger partial charge in [0.2, 0.25) is 0 Å². The van der Waals surface area contributed by atoms with Crippen molar-refractivity contribution in [2.45, 2.75) is 38.8 Å². The normalized spacial score (nSPS) is 15.3. The van der Waals surface area contributed by atoms with Gasteiger partial charge < -0.3 is 4.90 Å². The van der Waals surface area contributed by atoms with E-state index < -0.39 is 11.7 Å². The Kier molecular flexibility index (Phi) is 4.43. The Morgan fingerprint density at radius 3 is 2.58 bits per heavy atom. The summed E-state index contributed by atoms with van der Waals surface area (Å²) >= 11 is 0. The zero-order valence-corrected chi connectivity index (χ0v) is 13.6. The van der Waals surface area contributed by atoms with E-state index in [1.807, 2.05) is 20.0 Å². The first kappa shape index (κ1) is 16.7. The lowest BCUT2D eigenvalue weighted by Crippen LogP contribution is -2.29. The predicted molar refractivity (Wildman–Crippen MR) is 85.0 cm³/mol. The highest BCUT2D eigenvalue weighted by Crippen LogP contribution is 2.35. The Hall–Kier alpha value is -2.18. The zero-order valence-electron chi connectivity index (χ0n) is 13.6. The third kappa shape index (κ3) is 3.34. The number of halogens is 3. The molecule has 128 valence electrons. The number of aromatic nitrogens is 3. The van der Waals surface area contributed by atoms with Crippen molar-refractivity contribution in [3.05, 3.63) is 47.2 Å². The molecule has 0 aliphatic carbocycles. The third-order valence-electron chi connectivity index (χ3n) is 4.15. The van der Waals surface area contributed by atoms with Gasteiger partial charge in [-0.15, -0.1) is 0 Å². The maximum atomic E-state index is 13.2. The fourth-order valence-corrected chi connectivity index (χ4v) is 2.85. The van der Waals surface area contributed by atoms with E-state index >= 15 is 0 Å². The molecule has 1 aliphatic rings. The van der Waals surface area contributed by atoms with Crippen LogP contribution in [0.1, 0.15) is 42.4 Å². The molecule has 3 rings (SSSR count). The summed E-state index contributed by atoms with van der Waals surface area (Å²) in [5.41, 5.74) is 1.25. The van der Waals surface area contributed by atoms with Crippen LogP contribution in [0.15, 0.2) is 24.5 Å². The smallest absolute Gasteiger partial charge is 0.355 e. The molecule has 0 amide bonds. The highest BCUT2D eigenvalue weighted by atomic mass is 19.4. The van der Waals surface area contributed by atoms with Crippen LogP contribution in [0.3, 0.4) is 0 Å². The van der Waals surface area contributed by atoms with Crippen molar-refractivity contribution in [3.8, 4) is 0 Å². The number of fused-ring (bicyclic) bond motifs is 1. The second-order valence-corrected chi connectivity index (χ2v) is 6.21. The molecule has 0 unspecified atom stereocenters. The van der Waals surface area contributed by atoms with Crippen molar-refractivity contribution in [2.24, 2.45) is 0 Å². The minimum atomic E-state index is -4.41. The first-order valence-corrected chi connectivity index (χ1v) is 7.98. The molecule has 0 spiro atoms. The van der Waals surface area contributed by atoms with Crippen molar-refractivity contribution >= 4 is 5.82 Å². The van der Waals surface area contributed by atoms with Gasteiger partial charge in [-0.2, -0.15) is 13.2 Å². The lowest BCUT2D eigenvalue weighted by molar-refractivity contribution is -0.137. The van der Waals surface area contributed by atoms with Crippen LogP contribution in [0.25, 0.3) is 0 Å². The minimum absolute atomic E-state index is 0.00477. The van der Waals surface area contributed by atoms with Crippen LogP contribution < -0.4 is 4.90 Å². The molecule has 0 aromatic carbocycles. The first-order chi connectivity index (χ1) is 11.4. The van der Waals surface area contributed by atoms with E-state index in [4.69, 9.17) is 0 Å². The number of hydrogen-bond acceptors (Lipinski definition) is 4. The van der Waals surface area contributed by atoms with Crippen molar-refractivity contribution in [1.82, 2.24) is 15.0 Å². The average molecular weight is 336 g/mol. The van der Waals surface area contributed by atoms with Gasteiger partial charge in [0.05, 0.1) is 5.56 Å². The molecule has 0 saturated heterocycles. The Balaban J connectivity index is 1.88. The molecule has 0 saturated carbocycles. The Bertz CT molecular complexity index is 728. The molecule has 7 heteroatoms. The maximum absolute atomic E-state index is 13.2. The highest BCUT2D eigenvalue weighted by molar-refractivity contribution is 5.49. The lowest BCUT2D eigenvalue weighted by atomic mass is 10.1. The zero-order chi connectivity index (χ0) is 17.3. The molecule has 1 aliphatic heterocycles. The molecule has 0 fully saturated rings. The van der Waals surface area contributed by atoms with Gasteiger partial charge in [-0.3, -0.25) is 0 Å². The van der Waals surface area contributed by atoms with E-state index in [2.05, 4.69) is 15.0 Å². The molecule has 3 heterocycles. The summed E-state index contributed by atoms with van der Waals surface area (Å²) in [4.78, 5) is 14.6. The second kappa shape index (κ2) is 6.37. The van der Waals surface area contributed by atoms with E-state index in [9.17, 15) is 13.2 Å². The fraction of sp³-hybridized carbons (Fsp3) is 0.471. The Labute approximate surface area is 138 Å². The lowest BCUT2D eigenvalue weighted by Gasteiger charge is -2.24. The van der Waals surface area contributed by atoms with Gasteiger partial charge in [-0.1, -0.05) is 13.8 Å². The van der Waals surface area contributed by atoms with Crippen LogP contribution >= 0.6 is 0 Å². The summed E-state index contributed by atoms with van der Waals surface area (Å²) in [6, 6.07) is 2.40. The molecule has 2 aromatic rings. The standard InChI is InChI=1S/C17H19F3N4/c1-11(2)15-22-10-12-5-8-24(9-6-14(12)23-15)16-13(17(18,19)20)4-3-7-21-16/h3-4,7,10-11H,5-6,8-9H2,1-2H3. The minimum Gasteiger partial charge on any atom is -0.355 e. The molecular weight excluding hydrogens is 317 g/mol. The van der Waals surface area contributed by atoms with E-state index in [1.165, 1.54) is 12.3 Å². The SMILES string of the molecule is CC(C)c1ncc2c(n1)CCN(c1ncccc1C(F)(F)F)CC2. The second-order valence-electron chi connectivity index (χ2n) is 6.21. The van der Waals surface area contributed by atoms with Gasteiger partial charge in [0.25, 0.3) is 0 Å². The van der Waals surface area contributed by atoms with Gasteiger partial charge in [0.15, 0.2) is 0 Å². The van der Waals surface area contributed by atoms with Crippen molar-refractivity contribution in [1.29, 1.82) is 0 Å². The summed E-state index contributed by atoms with van der Waals surface area (Å²) in [5.74, 6) is 0.994. The molecule has 4 nitrogen and oxygen atoms in total. The van der Waals surface area contributed by atoms with Gasteiger partial charge >= 0.3 is 6.18 Å². The number of alkyl halides is 3. The first-order valence-electron chi connectivity index (χ1n) is 7.98. The number of pyridine rings is 1. The summed E-state index contributed by atoms with van der Waals surface area (Å²) in [7, 11) is 0. The van der Waals surface area contributed by atoms with Crippen LogP contribution in [0.5, 0.6) is 0 Å². The molecule has 0 radical (unpaired) electrons. The van der Waals surface area contributed by atoms with E-state index in [1.54, 1.807) is 4.90 Å². The maximum Gasteiger partial charge on any atom is 0.419 e. The molecule has 0 bridgehead atoms. The van der Waals surface area contributed by atoms with Crippen molar-refractivity contribution < 1.29 is 13.2 Å². The van der Waals surface area contributed by atoms with Gasteiger partial charge in [-0.05, 0) is 24.1 Å². The fourth-order valence-electron chi connectivity index (χ4n) is 2.85. The van der Waals surface area contributed by atoms with E-state index in [0.29, 0.717) is 25.9 Å². The van der Waals surface area contributed by atoms with Crippen LogP contribution in [0.4, 0.5) is 19.0 Å². The monoisotopic (exact) mass is 336 g/mol. The summed E-state index contributed by atoms with van der Waals surface area (Å²) in [6.45, 7) is 4.97. The third-order valence-corrected chi connectivity index (χ3v) is 4.15. The van der Waals surface area contributed by atoms with Crippen LogP contribution in [-0.2, 0) is 19.0 Å². The van der Waals surface area contributed by atoms with Crippen LogP contribution in [-0.4, -0.2) is 28.0 Å².